The number of carboxylic acids is 1. The van der Waals surface area contributed by atoms with Crippen LogP contribution in [0.3, 0.4) is 0 Å². The molecule has 0 aromatic carbocycles. The number of hydrogen-bond donors (Lipinski definition) is 1. The summed E-state index contributed by atoms with van der Waals surface area (Å²) in [6, 6.07) is 0.560. The first-order chi connectivity index (χ1) is 8.12. The number of alkyl halides is 5. The van der Waals surface area contributed by atoms with Crippen molar-refractivity contribution in [3.05, 3.63) is 28.6 Å². The van der Waals surface area contributed by atoms with Crippen LogP contribution in [0.25, 0.3) is 0 Å². The fourth-order valence-electron chi connectivity index (χ4n) is 1.49. The highest BCUT2D eigenvalue weighted by molar-refractivity contribution is 5.71. The van der Waals surface area contributed by atoms with Crippen LogP contribution in [0.4, 0.5) is 22.0 Å². The van der Waals surface area contributed by atoms with Crippen molar-refractivity contribution >= 4 is 5.97 Å². The molecule has 18 heavy (non-hydrogen) atoms. The van der Waals surface area contributed by atoms with Gasteiger partial charge in [-0.1, -0.05) is 0 Å². The average Bonchev–Trinajstić information content (AvgIpc) is 2.17. The molecule has 0 atom stereocenters. The maximum absolute atomic E-state index is 12.7. The lowest BCUT2D eigenvalue weighted by molar-refractivity contribution is -0.140. The molecule has 1 N–H and O–H groups in total. The molecule has 100 valence electrons. The van der Waals surface area contributed by atoms with E-state index in [1.807, 2.05) is 0 Å². The van der Waals surface area contributed by atoms with Crippen LogP contribution in [0.2, 0.25) is 0 Å². The van der Waals surface area contributed by atoms with Gasteiger partial charge >= 0.3 is 12.1 Å². The summed E-state index contributed by atoms with van der Waals surface area (Å²) in [6.45, 7) is 1.13. The molecule has 1 aromatic heterocycles. The Morgan fingerprint density at radius 2 is 2.00 bits per heavy atom. The molecule has 0 saturated heterocycles. The van der Waals surface area contributed by atoms with Crippen molar-refractivity contribution in [1.29, 1.82) is 0 Å². The third kappa shape index (κ3) is 3.14. The van der Waals surface area contributed by atoms with Gasteiger partial charge in [-0.25, -0.2) is 8.78 Å². The summed E-state index contributed by atoms with van der Waals surface area (Å²) in [5.74, 6) is -1.63. The largest absolute Gasteiger partial charge is 0.481 e. The Labute approximate surface area is 98.3 Å². The Balaban J connectivity index is 3.52. The summed E-state index contributed by atoms with van der Waals surface area (Å²) in [5.41, 5.74) is -3.75. The third-order valence-corrected chi connectivity index (χ3v) is 2.12. The van der Waals surface area contributed by atoms with E-state index in [9.17, 15) is 26.7 Å². The van der Waals surface area contributed by atoms with Gasteiger partial charge in [0.25, 0.3) is 6.43 Å². The summed E-state index contributed by atoms with van der Waals surface area (Å²) < 4.78 is 63.2. The zero-order valence-corrected chi connectivity index (χ0v) is 9.05. The molecular formula is C10H8F5NO2. The summed E-state index contributed by atoms with van der Waals surface area (Å²) >= 11 is 0. The molecule has 0 aliphatic heterocycles. The number of carboxylic acid groups (broad SMARTS) is 1. The highest BCUT2D eigenvalue weighted by Crippen LogP contribution is 2.36. The Morgan fingerprint density at radius 1 is 1.44 bits per heavy atom. The minimum atomic E-state index is -4.90. The van der Waals surface area contributed by atoms with Crippen molar-refractivity contribution in [2.45, 2.75) is 25.9 Å². The highest BCUT2D eigenvalue weighted by atomic mass is 19.4. The van der Waals surface area contributed by atoms with Crippen LogP contribution >= 0.6 is 0 Å². The van der Waals surface area contributed by atoms with E-state index in [-0.39, 0.29) is 5.69 Å². The number of hydrogen-bond acceptors (Lipinski definition) is 2. The lowest BCUT2D eigenvalue weighted by Crippen LogP contribution is -2.17. The van der Waals surface area contributed by atoms with Crippen LogP contribution in [-0.4, -0.2) is 16.1 Å². The SMILES string of the molecule is Cc1cc(C(F)(F)F)c(CC(=O)O)c(C(F)F)n1. The number of pyridine rings is 1. The van der Waals surface area contributed by atoms with Gasteiger partial charge in [0.2, 0.25) is 0 Å². The number of aryl methyl sites for hydroxylation is 1. The predicted molar refractivity (Wildman–Crippen MR) is 50.3 cm³/mol. The van der Waals surface area contributed by atoms with Crippen molar-refractivity contribution in [2.75, 3.05) is 0 Å². The van der Waals surface area contributed by atoms with Crippen molar-refractivity contribution in [2.24, 2.45) is 0 Å². The van der Waals surface area contributed by atoms with Gasteiger partial charge in [-0.3, -0.25) is 9.78 Å². The summed E-state index contributed by atoms with van der Waals surface area (Å²) in [4.78, 5) is 13.8. The minimum absolute atomic E-state index is 0.244. The van der Waals surface area contributed by atoms with Gasteiger partial charge in [0.05, 0.1) is 12.0 Å². The fourth-order valence-corrected chi connectivity index (χ4v) is 1.49. The van der Waals surface area contributed by atoms with Gasteiger partial charge in [0, 0.05) is 11.3 Å². The maximum Gasteiger partial charge on any atom is 0.416 e. The van der Waals surface area contributed by atoms with Crippen LogP contribution < -0.4 is 0 Å². The molecule has 0 unspecified atom stereocenters. The van der Waals surface area contributed by atoms with Crippen LogP contribution in [0.5, 0.6) is 0 Å². The molecule has 0 saturated carbocycles. The second-order valence-corrected chi connectivity index (χ2v) is 3.54. The average molecular weight is 269 g/mol. The molecule has 0 aliphatic rings. The smallest absolute Gasteiger partial charge is 0.416 e. The first-order valence-electron chi connectivity index (χ1n) is 4.70. The second kappa shape index (κ2) is 4.87. The van der Waals surface area contributed by atoms with Crippen LogP contribution in [0.1, 0.15) is 28.9 Å². The van der Waals surface area contributed by atoms with E-state index in [1.54, 1.807) is 0 Å². The molecule has 8 heteroatoms. The van der Waals surface area contributed by atoms with Gasteiger partial charge in [-0.2, -0.15) is 13.2 Å². The molecule has 0 spiro atoms. The number of carbonyl (C=O) groups is 1. The van der Waals surface area contributed by atoms with Crippen molar-refractivity contribution in [1.82, 2.24) is 4.98 Å². The quantitative estimate of drug-likeness (QED) is 0.858. The fraction of sp³-hybridized carbons (Fsp3) is 0.400. The van der Waals surface area contributed by atoms with E-state index in [4.69, 9.17) is 5.11 Å². The number of nitrogens with zero attached hydrogens (tertiary/aromatic N) is 1. The van der Waals surface area contributed by atoms with Crippen LogP contribution in [-0.2, 0) is 17.4 Å². The zero-order chi connectivity index (χ0) is 14.1. The normalized spacial score (nSPS) is 11.9. The Hall–Kier alpha value is -1.73. The summed E-state index contributed by atoms with van der Waals surface area (Å²) in [6.07, 6.45) is -9.32. The van der Waals surface area contributed by atoms with Gasteiger partial charge in [0.1, 0.15) is 5.69 Å². The van der Waals surface area contributed by atoms with Crippen molar-refractivity contribution in [3.63, 3.8) is 0 Å². The van der Waals surface area contributed by atoms with E-state index >= 15 is 0 Å². The van der Waals surface area contributed by atoms with Crippen molar-refractivity contribution in [3.8, 4) is 0 Å². The molecule has 3 nitrogen and oxygen atoms in total. The number of aromatic nitrogens is 1. The summed E-state index contributed by atoms with van der Waals surface area (Å²) in [7, 11) is 0. The Kier molecular flexibility index (Phi) is 3.88. The first-order valence-corrected chi connectivity index (χ1v) is 4.70. The van der Waals surface area contributed by atoms with Gasteiger partial charge in [0.15, 0.2) is 0 Å². The Morgan fingerprint density at radius 3 is 2.39 bits per heavy atom. The summed E-state index contributed by atoms with van der Waals surface area (Å²) in [5, 5.41) is 8.49. The molecule has 1 aromatic rings. The molecule has 1 heterocycles. The van der Waals surface area contributed by atoms with Crippen LogP contribution in [0, 0.1) is 6.92 Å². The molecule has 0 radical (unpaired) electrons. The standard InChI is InChI=1S/C10H8F5NO2/c1-4-2-6(10(13,14)15)5(3-7(17)18)8(16-4)9(11)12/h2,9H,3H2,1H3,(H,17,18). The molecule has 0 bridgehead atoms. The molecule has 0 fully saturated rings. The molecule has 0 amide bonds. The first kappa shape index (κ1) is 14.3. The number of halogens is 5. The highest BCUT2D eigenvalue weighted by Gasteiger charge is 2.37. The maximum atomic E-state index is 12.7. The van der Waals surface area contributed by atoms with E-state index < -0.39 is 41.8 Å². The minimum Gasteiger partial charge on any atom is -0.481 e. The zero-order valence-electron chi connectivity index (χ0n) is 9.05. The number of aliphatic carboxylic acids is 1. The second-order valence-electron chi connectivity index (χ2n) is 3.54. The van der Waals surface area contributed by atoms with Crippen LogP contribution in [0.15, 0.2) is 6.07 Å². The van der Waals surface area contributed by atoms with E-state index in [2.05, 4.69) is 4.98 Å². The number of rotatable bonds is 3. The predicted octanol–water partition coefficient (Wildman–Crippen LogP) is 2.97. The van der Waals surface area contributed by atoms with Gasteiger partial charge < -0.3 is 5.11 Å². The van der Waals surface area contributed by atoms with E-state index in [0.717, 1.165) is 6.92 Å². The Bertz CT molecular complexity index is 470. The van der Waals surface area contributed by atoms with Crippen molar-refractivity contribution < 1.29 is 31.9 Å². The van der Waals surface area contributed by atoms with E-state index in [1.165, 1.54) is 0 Å². The third-order valence-electron chi connectivity index (χ3n) is 2.12. The molecule has 0 aliphatic carbocycles. The van der Waals surface area contributed by atoms with Gasteiger partial charge in [-0.15, -0.1) is 0 Å². The topological polar surface area (TPSA) is 50.2 Å². The monoisotopic (exact) mass is 269 g/mol. The lowest BCUT2D eigenvalue weighted by atomic mass is 10.0. The molecular weight excluding hydrogens is 261 g/mol. The molecule has 1 rings (SSSR count). The lowest BCUT2D eigenvalue weighted by Gasteiger charge is -2.15. The van der Waals surface area contributed by atoms with E-state index in [0.29, 0.717) is 6.07 Å². The van der Waals surface area contributed by atoms with Gasteiger partial charge in [-0.05, 0) is 13.0 Å².